The second-order valence-electron chi connectivity index (χ2n) is 1.86. The lowest BCUT2D eigenvalue weighted by Gasteiger charge is -1.97. The molecular weight excluding hydrogens is 178 g/mol. The molecule has 0 saturated carbocycles. The first-order chi connectivity index (χ1) is 5.27. The first kappa shape index (κ1) is 8.45. The van der Waals surface area contributed by atoms with Crippen LogP contribution < -0.4 is 0 Å². The summed E-state index contributed by atoms with van der Waals surface area (Å²) in [6.45, 7) is 0. The summed E-state index contributed by atoms with van der Waals surface area (Å²) in [5.41, 5.74) is 0.716. The third-order valence-corrected chi connectivity index (χ3v) is 2.28. The van der Waals surface area contributed by atoms with Crippen LogP contribution in [0.2, 0.25) is 5.02 Å². The summed E-state index contributed by atoms with van der Waals surface area (Å²) in [7, 11) is 0. The van der Waals surface area contributed by atoms with Crippen LogP contribution in [0.1, 0.15) is 5.56 Å². The van der Waals surface area contributed by atoms with E-state index in [0.29, 0.717) is 10.6 Å². The van der Waals surface area contributed by atoms with Gasteiger partial charge in [-0.3, -0.25) is 0 Å². The highest BCUT2D eigenvalue weighted by molar-refractivity contribution is 7.98. The van der Waals surface area contributed by atoms with Gasteiger partial charge >= 0.3 is 0 Å². The molecule has 0 fully saturated rings. The Morgan fingerprint density at radius 2 is 2.45 bits per heavy atom. The first-order valence-electron chi connectivity index (χ1n) is 2.94. The molecular formula is C8H6ClNS. The molecule has 1 aromatic heterocycles. The predicted octanol–water partition coefficient (Wildman–Crippen LogP) is 2.44. The topological polar surface area (TPSA) is 12.9 Å². The Labute approximate surface area is 75.2 Å². The van der Waals surface area contributed by atoms with Crippen molar-refractivity contribution in [3.63, 3.8) is 0 Å². The van der Waals surface area contributed by atoms with Gasteiger partial charge in [0, 0.05) is 11.8 Å². The van der Waals surface area contributed by atoms with E-state index in [1.165, 1.54) is 11.8 Å². The minimum absolute atomic E-state index is 0.618. The summed E-state index contributed by atoms with van der Waals surface area (Å²) in [5, 5.41) is 1.43. The highest BCUT2D eigenvalue weighted by atomic mass is 35.5. The molecule has 1 rings (SSSR count). The van der Waals surface area contributed by atoms with E-state index < -0.39 is 0 Å². The van der Waals surface area contributed by atoms with Crippen LogP contribution in [0.3, 0.4) is 0 Å². The number of thioether (sulfide) groups is 1. The van der Waals surface area contributed by atoms with Crippen molar-refractivity contribution in [3.05, 3.63) is 22.8 Å². The number of halogens is 1. The lowest BCUT2D eigenvalue weighted by Crippen LogP contribution is -1.82. The Morgan fingerprint density at radius 1 is 1.73 bits per heavy atom. The van der Waals surface area contributed by atoms with Crippen LogP contribution in [-0.4, -0.2) is 11.2 Å². The van der Waals surface area contributed by atoms with Crippen molar-refractivity contribution < 1.29 is 0 Å². The Morgan fingerprint density at radius 3 is 2.91 bits per heavy atom. The Hall–Kier alpha value is -0.650. The molecule has 3 heteroatoms. The van der Waals surface area contributed by atoms with Crippen molar-refractivity contribution >= 4 is 23.4 Å². The van der Waals surface area contributed by atoms with E-state index >= 15 is 0 Å². The van der Waals surface area contributed by atoms with Crippen molar-refractivity contribution in [2.24, 2.45) is 0 Å². The van der Waals surface area contributed by atoms with Crippen molar-refractivity contribution in [2.45, 2.75) is 5.03 Å². The fourth-order valence-corrected chi connectivity index (χ4v) is 1.46. The van der Waals surface area contributed by atoms with Gasteiger partial charge < -0.3 is 0 Å². The largest absolute Gasteiger partial charge is 0.247 e. The van der Waals surface area contributed by atoms with Gasteiger partial charge in [-0.05, 0) is 12.3 Å². The maximum atomic E-state index is 5.83. The van der Waals surface area contributed by atoms with E-state index in [0.717, 1.165) is 5.03 Å². The molecule has 0 saturated heterocycles. The van der Waals surface area contributed by atoms with Gasteiger partial charge in [0.2, 0.25) is 0 Å². The number of aromatic nitrogens is 1. The number of rotatable bonds is 1. The fourth-order valence-electron chi connectivity index (χ4n) is 0.655. The van der Waals surface area contributed by atoms with Crippen molar-refractivity contribution in [2.75, 3.05) is 6.26 Å². The highest BCUT2D eigenvalue weighted by Gasteiger charge is 1.99. The van der Waals surface area contributed by atoms with Crippen LogP contribution in [0.25, 0.3) is 0 Å². The van der Waals surface area contributed by atoms with Crippen molar-refractivity contribution in [1.29, 1.82) is 0 Å². The lowest BCUT2D eigenvalue weighted by atomic mass is 10.3. The monoisotopic (exact) mass is 183 g/mol. The normalized spacial score (nSPS) is 9.18. The average molecular weight is 184 g/mol. The molecule has 0 spiro atoms. The summed E-state index contributed by atoms with van der Waals surface area (Å²) >= 11 is 7.33. The number of terminal acetylenes is 1. The zero-order valence-corrected chi connectivity index (χ0v) is 7.54. The molecule has 0 bridgehead atoms. The number of hydrogen-bond donors (Lipinski definition) is 0. The predicted molar refractivity (Wildman–Crippen MR) is 49.0 cm³/mol. The highest BCUT2D eigenvalue weighted by Crippen LogP contribution is 2.22. The van der Waals surface area contributed by atoms with Gasteiger partial charge in [-0.15, -0.1) is 18.2 Å². The molecule has 1 nitrogen and oxygen atoms in total. The van der Waals surface area contributed by atoms with E-state index in [1.54, 1.807) is 12.3 Å². The van der Waals surface area contributed by atoms with Crippen LogP contribution in [0.5, 0.6) is 0 Å². The van der Waals surface area contributed by atoms with Crippen LogP contribution >= 0.6 is 23.4 Å². The molecule has 0 aliphatic rings. The second kappa shape index (κ2) is 3.66. The summed E-state index contributed by atoms with van der Waals surface area (Å²) in [5.74, 6) is 2.46. The minimum atomic E-state index is 0.618. The van der Waals surface area contributed by atoms with Gasteiger partial charge in [-0.2, -0.15) is 0 Å². The lowest BCUT2D eigenvalue weighted by molar-refractivity contribution is 1.13. The van der Waals surface area contributed by atoms with Crippen molar-refractivity contribution in [1.82, 2.24) is 4.98 Å². The van der Waals surface area contributed by atoms with Crippen LogP contribution in [0, 0.1) is 12.3 Å². The standard InChI is InChI=1S/C8H6ClNS/c1-3-6-4-7(9)8(11-2)10-5-6/h1,4-5H,2H3. The molecule has 1 aromatic rings. The molecule has 0 radical (unpaired) electrons. The van der Waals surface area contributed by atoms with Gasteiger partial charge in [-0.25, -0.2) is 4.98 Å². The van der Waals surface area contributed by atoms with Gasteiger partial charge in [0.25, 0.3) is 0 Å². The molecule has 1 heterocycles. The van der Waals surface area contributed by atoms with Crippen LogP contribution in [0.4, 0.5) is 0 Å². The zero-order valence-electron chi connectivity index (χ0n) is 5.97. The van der Waals surface area contributed by atoms with E-state index in [9.17, 15) is 0 Å². The van der Waals surface area contributed by atoms with Gasteiger partial charge in [0.05, 0.1) is 5.02 Å². The minimum Gasteiger partial charge on any atom is -0.247 e. The Kier molecular flexibility index (Phi) is 2.81. The molecule has 0 aromatic carbocycles. The van der Waals surface area contributed by atoms with E-state index in [2.05, 4.69) is 10.9 Å². The summed E-state index contributed by atoms with van der Waals surface area (Å²) < 4.78 is 0. The molecule has 0 aliphatic carbocycles. The average Bonchev–Trinajstić information content (AvgIpc) is 2.04. The zero-order chi connectivity index (χ0) is 8.27. The Bertz CT molecular complexity index is 303. The van der Waals surface area contributed by atoms with E-state index in [4.69, 9.17) is 18.0 Å². The van der Waals surface area contributed by atoms with Gasteiger partial charge in [0.1, 0.15) is 5.03 Å². The molecule has 11 heavy (non-hydrogen) atoms. The summed E-state index contributed by atoms with van der Waals surface area (Å²) in [6, 6.07) is 1.74. The molecule has 0 unspecified atom stereocenters. The van der Waals surface area contributed by atoms with Crippen molar-refractivity contribution in [3.8, 4) is 12.3 Å². The third kappa shape index (κ3) is 1.89. The fraction of sp³-hybridized carbons (Fsp3) is 0.125. The molecule has 0 amide bonds. The second-order valence-corrected chi connectivity index (χ2v) is 3.06. The smallest absolute Gasteiger partial charge is 0.114 e. The quantitative estimate of drug-likeness (QED) is 0.490. The maximum Gasteiger partial charge on any atom is 0.114 e. The molecule has 0 atom stereocenters. The molecule has 56 valence electrons. The third-order valence-electron chi connectivity index (χ3n) is 1.17. The maximum absolute atomic E-state index is 5.83. The molecule has 0 N–H and O–H groups in total. The SMILES string of the molecule is C#Cc1cnc(SC)c(Cl)c1. The summed E-state index contributed by atoms with van der Waals surface area (Å²) in [4.78, 5) is 4.06. The molecule has 0 aliphatic heterocycles. The number of nitrogens with zero attached hydrogens (tertiary/aromatic N) is 1. The Balaban J connectivity index is 3.12. The summed E-state index contributed by atoms with van der Waals surface area (Å²) in [6.07, 6.45) is 8.71. The first-order valence-corrected chi connectivity index (χ1v) is 4.54. The van der Waals surface area contributed by atoms with Gasteiger partial charge in [0.15, 0.2) is 0 Å². The van der Waals surface area contributed by atoms with E-state index in [-0.39, 0.29) is 0 Å². The number of pyridine rings is 1. The van der Waals surface area contributed by atoms with Crippen LogP contribution in [-0.2, 0) is 0 Å². The van der Waals surface area contributed by atoms with Crippen LogP contribution in [0.15, 0.2) is 17.3 Å². The number of hydrogen-bond acceptors (Lipinski definition) is 2. The van der Waals surface area contributed by atoms with Gasteiger partial charge in [-0.1, -0.05) is 17.5 Å². The van der Waals surface area contributed by atoms with E-state index in [1.807, 2.05) is 6.26 Å².